The van der Waals surface area contributed by atoms with Crippen LogP contribution in [0.2, 0.25) is 0 Å². The number of benzene rings is 4. The van der Waals surface area contributed by atoms with Crippen molar-refractivity contribution >= 4 is 17.4 Å². The van der Waals surface area contributed by atoms with E-state index in [0.717, 1.165) is 5.56 Å². The van der Waals surface area contributed by atoms with E-state index in [1.807, 2.05) is 6.07 Å². The van der Waals surface area contributed by atoms with Gasteiger partial charge in [0.1, 0.15) is 12.4 Å². The summed E-state index contributed by atoms with van der Waals surface area (Å²) in [5, 5.41) is 9.38. The summed E-state index contributed by atoms with van der Waals surface area (Å²) in [6.45, 7) is 0.0745. The first-order valence-corrected chi connectivity index (χ1v) is 10.9. The molecule has 0 fully saturated rings. The molecule has 0 unspecified atom stereocenters. The molecule has 0 bridgehead atoms. The number of carboxylic acid groups (broad SMARTS) is 1. The van der Waals surface area contributed by atoms with Gasteiger partial charge in [-0.2, -0.15) is 0 Å². The van der Waals surface area contributed by atoms with Crippen LogP contribution >= 0.6 is 0 Å². The van der Waals surface area contributed by atoms with Gasteiger partial charge in [0.05, 0.1) is 28.1 Å². The molecule has 0 aromatic heterocycles. The SMILES string of the molecule is O=C(O)c1cccc2c1CC(c1c(F)c(F)c(-c3ccccc3OCc3ccccc3)c(F)c1F)=N2. The van der Waals surface area contributed by atoms with Crippen LogP contribution in [0.15, 0.2) is 77.8 Å². The number of aliphatic imine (C=N–C) groups is 1. The van der Waals surface area contributed by atoms with Crippen LogP contribution in [0.25, 0.3) is 11.1 Å². The summed E-state index contributed by atoms with van der Waals surface area (Å²) in [5.41, 5.74) is -1.25. The minimum absolute atomic E-state index is 0.0439. The molecule has 4 aromatic carbocycles. The van der Waals surface area contributed by atoms with Gasteiger partial charge in [0.15, 0.2) is 23.3 Å². The van der Waals surface area contributed by atoms with Gasteiger partial charge in [0.2, 0.25) is 0 Å². The fourth-order valence-corrected chi connectivity index (χ4v) is 4.22. The Morgan fingerprint density at radius 3 is 2.14 bits per heavy atom. The maximum atomic E-state index is 15.3. The van der Waals surface area contributed by atoms with E-state index in [4.69, 9.17) is 4.74 Å². The summed E-state index contributed by atoms with van der Waals surface area (Å²) in [7, 11) is 0. The minimum Gasteiger partial charge on any atom is -0.488 e. The Labute approximate surface area is 203 Å². The number of aromatic carboxylic acids is 1. The second-order valence-electron chi connectivity index (χ2n) is 8.12. The number of carbonyl (C=O) groups is 1. The molecule has 1 heterocycles. The van der Waals surface area contributed by atoms with Crippen LogP contribution < -0.4 is 4.74 Å². The van der Waals surface area contributed by atoms with Gasteiger partial charge in [-0.25, -0.2) is 22.4 Å². The molecule has 0 saturated heterocycles. The first kappa shape index (κ1) is 23.3. The molecule has 4 aromatic rings. The van der Waals surface area contributed by atoms with Crippen LogP contribution in [0.5, 0.6) is 5.75 Å². The highest BCUT2D eigenvalue weighted by Crippen LogP contribution is 2.39. The van der Waals surface area contributed by atoms with Gasteiger partial charge in [-0.3, -0.25) is 4.99 Å². The summed E-state index contributed by atoms with van der Waals surface area (Å²) in [5.74, 6) is -7.64. The van der Waals surface area contributed by atoms with E-state index in [1.54, 1.807) is 30.3 Å². The van der Waals surface area contributed by atoms with Crippen molar-refractivity contribution in [3.63, 3.8) is 0 Å². The van der Waals surface area contributed by atoms with Crippen molar-refractivity contribution < 1.29 is 32.2 Å². The van der Waals surface area contributed by atoms with Crippen molar-refractivity contribution in [3.05, 3.63) is 118 Å². The molecule has 4 nitrogen and oxygen atoms in total. The van der Waals surface area contributed by atoms with E-state index in [0.29, 0.717) is 0 Å². The number of para-hydroxylation sites is 1. The molecule has 0 radical (unpaired) electrons. The van der Waals surface area contributed by atoms with Crippen LogP contribution in [-0.4, -0.2) is 16.8 Å². The van der Waals surface area contributed by atoms with E-state index >= 15 is 17.6 Å². The average Bonchev–Trinajstić information content (AvgIpc) is 3.31. The number of hydrogen-bond acceptors (Lipinski definition) is 3. The van der Waals surface area contributed by atoms with Gasteiger partial charge in [0.25, 0.3) is 0 Å². The van der Waals surface area contributed by atoms with Crippen molar-refractivity contribution in [2.75, 3.05) is 0 Å². The lowest BCUT2D eigenvalue weighted by Crippen LogP contribution is -2.14. The fourth-order valence-electron chi connectivity index (χ4n) is 4.22. The highest BCUT2D eigenvalue weighted by atomic mass is 19.2. The van der Waals surface area contributed by atoms with Crippen molar-refractivity contribution in [2.45, 2.75) is 13.0 Å². The lowest BCUT2D eigenvalue weighted by molar-refractivity contribution is 0.0696. The Kier molecular flexibility index (Phi) is 6.01. The molecule has 1 aliphatic rings. The highest BCUT2D eigenvalue weighted by Gasteiger charge is 2.32. The average molecular weight is 491 g/mol. The molecule has 0 amide bonds. The Hall–Kier alpha value is -4.46. The molecule has 0 atom stereocenters. The van der Waals surface area contributed by atoms with Crippen LogP contribution in [-0.2, 0) is 13.0 Å². The Morgan fingerprint density at radius 1 is 0.806 bits per heavy atom. The van der Waals surface area contributed by atoms with Gasteiger partial charge >= 0.3 is 5.97 Å². The Balaban J connectivity index is 1.56. The molecule has 0 spiro atoms. The topological polar surface area (TPSA) is 58.9 Å². The Bertz CT molecular complexity index is 1500. The van der Waals surface area contributed by atoms with Gasteiger partial charge < -0.3 is 9.84 Å². The molecular weight excluding hydrogens is 474 g/mol. The van der Waals surface area contributed by atoms with Gasteiger partial charge in [-0.05, 0) is 29.3 Å². The fraction of sp³-hybridized carbons (Fsp3) is 0.0714. The van der Waals surface area contributed by atoms with E-state index in [2.05, 4.69) is 4.99 Å². The number of nitrogens with zero attached hydrogens (tertiary/aromatic N) is 1. The van der Waals surface area contributed by atoms with Crippen LogP contribution in [0, 0.1) is 23.3 Å². The number of hydrogen-bond donors (Lipinski definition) is 1. The van der Waals surface area contributed by atoms with Gasteiger partial charge in [-0.15, -0.1) is 0 Å². The molecule has 1 aliphatic heterocycles. The molecule has 36 heavy (non-hydrogen) atoms. The molecule has 0 aliphatic carbocycles. The highest BCUT2D eigenvalue weighted by molar-refractivity contribution is 6.09. The lowest BCUT2D eigenvalue weighted by atomic mass is 9.95. The van der Waals surface area contributed by atoms with Crippen molar-refractivity contribution in [3.8, 4) is 16.9 Å². The summed E-state index contributed by atoms with van der Waals surface area (Å²) >= 11 is 0. The summed E-state index contributed by atoms with van der Waals surface area (Å²) in [6, 6.07) is 19.0. The van der Waals surface area contributed by atoms with Crippen LogP contribution in [0.3, 0.4) is 0 Å². The van der Waals surface area contributed by atoms with E-state index < -0.39 is 40.4 Å². The zero-order valence-electron chi connectivity index (χ0n) is 18.6. The first-order chi connectivity index (χ1) is 17.4. The Morgan fingerprint density at radius 2 is 1.44 bits per heavy atom. The second kappa shape index (κ2) is 9.30. The normalized spacial score (nSPS) is 12.3. The maximum absolute atomic E-state index is 15.3. The summed E-state index contributed by atoms with van der Waals surface area (Å²) in [4.78, 5) is 15.6. The second-order valence-corrected chi connectivity index (χ2v) is 8.12. The quantitative estimate of drug-likeness (QED) is 0.237. The number of carboxylic acids is 1. The number of fused-ring (bicyclic) bond motifs is 1. The predicted molar refractivity (Wildman–Crippen MR) is 126 cm³/mol. The van der Waals surface area contributed by atoms with Crippen molar-refractivity contribution in [2.24, 2.45) is 4.99 Å². The van der Waals surface area contributed by atoms with Crippen LogP contribution in [0.1, 0.15) is 27.0 Å². The van der Waals surface area contributed by atoms with E-state index in [1.165, 1.54) is 36.4 Å². The largest absolute Gasteiger partial charge is 0.488 e. The minimum atomic E-state index is -1.62. The predicted octanol–water partition coefficient (Wildman–Crippen LogP) is 6.86. The zero-order valence-corrected chi connectivity index (χ0v) is 18.6. The first-order valence-electron chi connectivity index (χ1n) is 10.9. The molecule has 180 valence electrons. The number of ether oxygens (including phenoxy) is 1. The summed E-state index contributed by atoms with van der Waals surface area (Å²) < 4.78 is 67.0. The monoisotopic (exact) mass is 491 g/mol. The summed E-state index contributed by atoms with van der Waals surface area (Å²) in [6.07, 6.45) is -0.291. The maximum Gasteiger partial charge on any atom is 0.336 e. The van der Waals surface area contributed by atoms with Gasteiger partial charge in [-0.1, -0.05) is 54.6 Å². The van der Waals surface area contributed by atoms with Crippen molar-refractivity contribution in [1.29, 1.82) is 0 Å². The molecule has 5 rings (SSSR count). The standard InChI is InChI=1S/C28H17F4NO3/c29-24-22(17-9-4-5-12-21(17)36-14-15-7-2-1-3-8-15)25(30)27(32)23(26(24)31)20-13-18-16(28(34)35)10-6-11-19(18)33-20/h1-12H,13-14H2,(H,34,35). The third-order valence-corrected chi connectivity index (χ3v) is 5.93. The third kappa shape index (κ3) is 4.00. The van der Waals surface area contributed by atoms with E-state index in [-0.39, 0.29) is 46.9 Å². The number of halogens is 4. The molecule has 0 saturated carbocycles. The van der Waals surface area contributed by atoms with Gasteiger partial charge in [0, 0.05) is 12.0 Å². The van der Waals surface area contributed by atoms with Crippen LogP contribution in [0.4, 0.5) is 23.2 Å². The lowest BCUT2D eigenvalue weighted by Gasteiger charge is -2.16. The number of rotatable bonds is 6. The molecular formula is C28H17F4NO3. The molecule has 8 heteroatoms. The third-order valence-electron chi connectivity index (χ3n) is 5.93. The molecule has 1 N–H and O–H groups in total. The van der Waals surface area contributed by atoms with E-state index in [9.17, 15) is 9.90 Å². The smallest absolute Gasteiger partial charge is 0.336 e. The zero-order chi connectivity index (χ0) is 25.4. The van der Waals surface area contributed by atoms with Crippen molar-refractivity contribution in [1.82, 2.24) is 0 Å².